The molecule has 7 heteroatoms. The number of anilines is 1. The van der Waals surface area contributed by atoms with E-state index in [-0.39, 0.29) is 5.03 Å². The molecule has 0 saturated heterocycles. The standard InChI is InChI=1S/C9H9FN4OS/c1-5-4-15-9(13-5)16-7-6(10)3-12-8(11-2)14-7/h3-4H,1-2H3,(H,11,12,14). The first-order chi connectivity index (χ1) is 7.69. The van der Waals surface area contributed by atoms with Gasteiger partial charge in [0.05, 0.1) is 11.9 Å². The van der Waals surface area contributed by atoms with E-state index in [1.807, 2.05) is 0 Å². The Hall–Kier alpha value is -1.63. The van der Waals surface area contributed by atoms with Crippen molar-refractivity contribution in [2.24, 2.45) is 0 Å². The Labute approximate surface area is 95.5 Å². The number of rotatable bonds is 3. The number of nitrogens with one attached hydrogen (secondary N) is 1. The Kier molecular flexibility index (Phi) is 3.04. The summed E-state index contributed by atoms with van der Waals surface area (Å²) in [5.74, 6) is -0.146. The Morgan fingerprint density at radius 1 is 1.44 bits per heavy atom. The molecule has 0 aliphatic heterocycles. The first kappa shape index (κ1) is 10.9. The molecule has 0 bridgehead atoms. The van der Waals surface area contributed by atoms with Crippen LogP contribution in [0.2, 0.25) is 0 Å². The van der Waals surface area contributed by atoms with Gasteiger partial charge in [-0.2, -0.15) is 0 Å². The highest BCUT2D eigenvalue weighted by molar-refractivity contribution is 7.99. The summed E-state index contributed by atoms with van der Waals surface area (Å²) in [6.07, 6.45) is 2.61. The van der Waals surface area contributed by atoms with Crippen LogP contribution in [0.4, 0.5) is 10.3 Å². The Morgan fingerprint density at radius 2 is 2.25 bits per heavy atom. The van der Waals surface area contributed by atoms with Crippen molar-refractivity contribution in [1.82, 2.24) is 15.0 Å². The first-order valence-corrected chi connectivity index (χ1v) is 5.31. The van der Waals surface area contributed by atoms with E-state index >= 15 is 0 Å². The average molecular weight is 240 g/mol. The number of nitrogens with zero attached hydrogens (tertiary/aromatic N) is 3. The van der Waals surface area contributed by atoms with Crippen molar-refractivity contribution >= 4 is 17.7 Å². The van der Waals surface area contributed by atoms with Gasteiger partial charge in [-0.05, 0) is 18.7 Å². The molecule has 0 fully saturated rings. The van der Waals surface area contributed by atoms with E-state index in [4.69, 9.17) is 4.42 Å². The van der Waals surface area contributed by atoms with Crippen molar-refractivity contribution in [3.63, 3.8) is 0 Å². The number of oxazole rings is 1. The lowest BCUT2D eigenvalue weighted by atomic mass is 10.6. The van der Waals surface area contributed by atoms with Crippen LogP contribution in [-0.4, -0.2) is 22.0 Å². The third kappa shape index (κ3) is 2.30. The van der Waals surface area contributed by atoms with Crippen LogP contribution in [0.3, 0.4) is 0 Å². The first-order valence-electron chi connectivity index (χ1n) is 4.49. The average Bonchev–Trinajstić information content (AvgIpc) is 2.67. The van der Waals surface area contributed by atoms with Gasteiger partial charge in [0.2, 0.25) is 5.95 Å². The molecule has 84 valence electrons. The maximum atomic E-state index is 13.4. The van der Waals surface area contributed by atoms with Crippen LogP contribution in [0.25, 0.3) is 0 Å². The predicted molar refractivity (Wildman–Crippen MR) is 56.9 cm³/mol. The lowest BCUT2D eigenvalue weighted by Gasteiger charge is -2.01. The van der Waals surface area contributed by atoms with E-state index in [0.29, 0.717) is 11.2 Å². The van der Waals surface area contributed by atoms with Gasteiger partial charge in [0.1, 0.15) is 11.3 Å². The summed E-state index contributed by atoms with van der Waals surface area (Å²) in [5.41, 5.74) is 0.741. The summed E-state index contributed by atoms with van der Waals surface area (Å²) in [6, 6.07) is 0. The zero-order valence-corrected chi connectivity index (χ0v) is 9.51. The van der Waals surface area contributed by atoms with Gasteiger partial charge in [-0.3, -0.25) is 0 Å². The number of halogens is 1. The third-order valence-electron chi connectivity index (χ3n) is 1.72. The fraction of sp³-hybridized carbons (Fsp3) is 0.222. The number of aryl methyl sites for hydroxylation is 1. The second-order valence-corrected chi connectivity index (χ2v) is 3.89. The minimum Gasteiger partial charge on any atom is -0.439 e. The fourth-order valence-electron chi connectivity index (χ4n) is 1.01. The molecular weight excluding hydrogens is 231 g/mol. The quantitative estimate of drug-likeness (QED) is 0.829. The molecule has 1 N–H and O–H groups in total. The number of hydrogen-bond donors (Lipinski definition) is 1. The Bertz CT molecular complexity index is 502. The van der Waals surface area contributed by atoms with Gasteiger partial charge >= 0.3 is 0 Å². The molecule has 5 nitrogen and oxygen atoms in total. The van der Waals surface area contributed by atoms with Crippen molar-refractivity contribution in [1.29, 1.82) is 0 Å². The molecule has 0 amide bonds. The molecule has 0 aromatic carbocycles. The summed E-state index contributed by atoms with van der Waals surface area (Å²) >= 11 is 1.02. The molecule has 0 aliphatic carbocycles. The van der Waals surface area contributed by atoms with Gasteiger partial charge in [-0.1, -0.05) is 0 Å². The maximum absolute atomic E-state index is 13.4. The molecule has 2 rings (SSSR count). The van der Waals surface area contributed by atoms with Crippen molar-refractivity contribution in [3.8, 4) is 0 Å². The zero-order chi connectivity index (χ0) is 11.5. The Morgan fingerprint density at radius 3 is 2.88 bits per heavy atom. The number of hydrogen-bond acceptors (Lipinski definition) is 6. The van der Waals surface area contributed by atoms with Crippen LogP contribution in [0, 0.1) is 12.7 Å². The Balaban J connectivity index is 2.26. The van der Waals surface area contributed by atoms with E-state index in [9.17, 15) is 4.39 Å². The zero-order valence-electron chi connectivity index (χ0n) is 8.69. The molecule has 0 unspecified atom stereocenters. The molecule has 16 heavy (non-hydrogen) atoms. The summed E-state index contributed by atoms with van der Waals surface area (Å²) in [7, 11) is 1.66. The fourth-order valence-corrected chi connectivity index (χ4v) is 1.74. The van der Waals surface area contributed by atoms with Gasteiger partial charge < -0.3 is 9.73 Å². The molecule has 0 aliphatic rings. The van der Waals surface area contributed by atoms with Crippen LogP contribution in [0.5, 0.6) is 0 Å². The summed E-state index contributed by atoms with van der Waals surface area (Å²) in [5, 5.41) is 3.27. The molecule has 2 aromatic heterocycles. The summed E-state index contributed by atoms with van der Waals surface area (Å²) in [6.45, 7) is 1.79. The minimum atomic E-state index is -0.500. The predicted octanol–water partition coefficient (Wildman–Crippen LogP) is 2.11. The largest absolute Gasteiger partial charge is 0.439 e. The summed E-state index contributed by atoms with van der Waals surface area (Å²) in [4.78, 5) is 11.8. The lowest BCUT2D eigenvalue weighted by Crippen LogP contribution is -1.98. The number of aromatic nitrogens is 3. The molecular formula is C9H9FN4OS. The molecule has 0 atom stereocenters. The molecule has 2 heterocycles. The van der Waals surface area contributed by atoms with Crippen LogP contribution in [-0.2, 0) is 0 Å². The van der Waals surface area contributed by atoms with E-state index in [2.05, 4.69) is 20.3 Å². The van der Waals surface area contributed by atoms with Crippen molar-refractivity contribution < 1.29 is 8.81 Å². The smallest absolute Gasteiger partial charge is 0.262 e. The van der Waals surface area contributed by atoms with Crippen LogP contribution in [0.1, 0.15) is 5.69 Å². The van der Waals surface area contributed by atoms with Gasteiger partial charge in [0.25, 0.3) is 5.22 Å². The van der Waals surface area contributed by atoms with E-state index in [0.717, 1.165) is 23.7 Å². The molecule has 2 aromatic rings. The lowest BCUT2D eigenvalue weighted by molar-refractivity contribution is 0.452. The highest BCUT2D eigenvalue weighted by atomic mass is 32.2. The molecule has 0 saturated carbocycles. The second-order valence-electron chi connectivity index (χ2n) is 2.95. The van der Waals surface area contributed by atoms with Gasteiger partial charge in [-0.25, -0.2) is 19.3 Å². The highest BCUT2D eigenvalue weighted by Gasteiger charge is 2.11. The van der Waals surface area contributed by atoms with E-state index in [1.165, 1.54) is 6.26 Å². The second kappa shape index (κ2) is 4.48. The topological polar surface area (TPSA) is 63.8 Å². The summed E-state index contributed by atoms with van der Waals surface area (Å²) < 4.78 is 18.5. The SMILES string of the molecule is CNc1ncc(F)c(Sc2nc(C)co2)n1. The third-order valence-corrected chi connectivity index (χ3v) is 2.56. The van der Waals surface area contributed by atoms with E-state index in [1.54, 1.807) is 14.0 Å². The maximum Gasteiger partial charge on any atom is 0.262 e. The highest BCUT2D eigenvalue weighted by Crippen LogP contribution is 2.27. The normalized spacial score (nSPS) is 10.4. The monoisotopic (exact) mass is 240 g/mol. The van der Waals surface area contributed by atoms with Crippen LogP contribution < -0.4 is 5.32 Å². The van der Waals surface area contributed by atoms with E-state index < -0.39 is 5.82 Å². The van der Waals surface area contributed by atoms with Crippen molar-refractivity contribution in [3.05, 3.63) is 24.0 Å². The van der Waals surface area contributed by atoms with Crippen molar-refractivity contribution in [2.75, 3.05) is 12.4 Å². The molecule has 0 radical (unpaired) electrons. The van der Waals surface area contributed by atoms with Gasteiger partial charge in [0.15, 0.2) is 5.82 Å². The van der Waals surface area contributed by atoms with Crippen molar-refractivity contribution in [2.45, 2.75) is 17.2 Å². The van der Waals surface area contributed by atoms with Crippen LogP contribution in [0.15, 0.2) is 27.1 Å². The minimum absolute atomic E-state index is 0.182. The van der Waals surface area contributed by atoms with Crippen LogP contribution >= 0.6 is 11.8 Å². The van der Waals surface area contributed by atoms with Gasteiger partial charge in [0, 0.05) is 7.05 Å². The molecule has 0 spiro atoms. The van der Waals surface area contributed by atoms with Gasteiger partial charge in [-0.15, -0.1) is 0 Å².